The van der Waals surface area contributed by atoms with Crippen molar-refractivity contribution in [3.63, 3.8) is 0 Å². The summed E-state index contributed by atoms with van der Waals surface area (Å²) in [6.07, 6.45) is 3.69. The highest BCUT2D eigenvalue weighted by molar-refractivity contribution is 5.99. The number of carbonyl (C=O) groups is 9. The molecule has 76 heavy (non-hydrogen) atoms. The van der Waals surface area contributed by atoms with Gasteiger partial charge < -0.3 is 67.7 Å². The Bertz CT molecular complexity index is 2690. The van der Waals surface area contributed by atoms with Crippen LogP contribution in [-0.2, 0) is 62.4 Å². The number of benzene rings is 3. The van der Waals surface area contributed by atoms with Gasteiger partial charge >= 0.3 is 5.97 Å². The average Bonchev–Trinajstić information content (AvgIpc) is 4.22. The Morgan fingerprint density at radius 3 is 1.68 bits per heavy atom. The minimum atomic E-state index is -1.73. The van der Waals surface area contributed by atoms with Crippen LogP contribution in [0.15, 0.2) is 91.1 Å². The van der Waals surface area contributed by atoms with E-state index in [-0.39, 0.29) is 38.1 Å². The molecule has 3 heterocycles. The fraction of sp³-hybridized carbons (Fsp3) is 0.463. The maximum atomic E-state index is 14.4. The molecule has 3 aromatic carbocycles. The van der Waals surface area contributed by atoms with Gasteiger partial charge in [-0.05, 0) is 67.7 Å². The van der Waals surface area contributed by atoms with Crippen LogP contribution < -0.4 is 37.6 Å². The molecule has 0 unspecified atom stereocenters. The first-order valence-corrected chi connectivity index (χ1v) is 25.7. The molecule has 0 bridgehead atoms. The molecule has 6 rings (SSSR count). The summed E-state index contributed by atoms with van der Waals surface area (Å²) in [5, 5.41) is 46.5. The number of aliphatic hydroxyl groups is 2. The number of H-pyrrole nitrogens is 1. The topological polar surface area (TPSA) is 335 Å². The monoisotopic (exact) mass is 1050 g/mol. The molecule has 4 aromatic rings. The number of hydrogen-bond donors (Lipinski definition) is 11. The highest BCUT2D eigenvalue weighted by Gasteiger charge is 2.43. The van der Waals surface area contributed by atoms with Crippen molar-refractivity contribution in [3.8, 4) is 0 Å². The summed E-state index contributed by atoms with van der Waals surface area (Å²) >= 11 is 0. The van der Waals surface area contributed by atoms with Gasteiger partial charge in [0.2, 0.25) is 47.3 Å². The Labute approximate surface area is 440 Å². The molecule has 22 nitrogen and oxygen atoms in total. The minimum Gasteiger partial charge on any atom is -0.480 e. The summed E-state index contributed by atoms with van der Waals surface area (Å²) in [5.74, 6) is -7.77. The molecular weight excluding hydrogens is 981 g/mol. The molecule has 0 radical (unpaired) electrons. The highest BCUT2D eigenvalue weighted by atomic mass is 16.4. The lowest BCUT2D eigenvalue weighted by atomic mass is 9.96. The molecule has 8 amide bonds. The lowest BCUT2D eigenvalue weighted by Gasteiger charge is -2.33. The Morgan fingerprint density at radius 2 is 1.11 bits per heavy atom. The van der Waals surface area contributed by atoms with Crippen LogP contribution in [0.1, 0.15) is 69.6 Å². The number of carboxylic acids is 1. The number of nitrogens with zero attached hydrogens (tertiary/aromatic N) is 2. The van der Waals surface area contributed by atoms with E-state index in [1.54, 1.807) is 67.7 Å². The van der Waals surface area contributed by atoms with E-state index in [0.29, 0.717) is 48.7 Å². The summed E-state index contributed by atoms with van der Waals surface area (Å²) in [6, 6.07) is 13.6. The third kappa shape index (κ3) is 14.8. The molecule has 1 aromatic heterocycles. The van der Waals surface area contributed by atoms with Gasteiger partial charge in [0.1, 0.15) is 48.3 Å². The number of para-hydroxylation sites is 1. The zero-order chi connectivity index (χ0) is 55.1. The third-order valence-electron chi connectivity index (χ3n) is 14.1. The van der Waals surface area contributed by atoms with Crippen LogP contribution in [0.2, 0.25) is 0 Å². The fourth-order valence-corrected chi connectivity index (χ4v) is 9.54. The number of likely N-dealkylation sites (tertiary alicyclic amines) is 2. The lowest BCUT2D eigenvalue weighted by molar-refractivity contribution is -0.145. The molecule has 2 saturated heterocycles. The first-order chi connectivity index (χ1) is 36.4. The summed E-state index contributed by atoms with van der Waals surface area (Å²) in [4.78, 5) is 129. The molecule has 2 aliphatic rings. The van der Waals surface area contributed by atoms with Crippen molar-refractivity contribution in [1.29, 1.82) is 0 Å². The summed E-state index contributed by atoms with van der Waals surface area (Å²) in [7, 11) is 0. The number of aromatic amines is 1. The third-order valence-corrected chi connectivity index (χ3v) is 14.1. The van der Waals surface area contributed by atoms with E-state index in [0.717, 1.165) is 11.1 Å². The van der Waals surface area contributed by atoms with E-state index in [4.69, 9.17) is 5.73 Å². The standard InChI is InChI=1S/C54H70N10O12/c1-4-31(2)45(62-51(72)44-22-13-23-63(44)52(73)37(55)25-33-15-7-5-8-16-33)53(74)64-24-14-21-43(64)50(71)61-42(30-66)49(70)60-41(29-65)48(69)58-39(27-35-28-56-38-20-12-11-19-36(35)38)47(68)57-32(3)46(67)59-40(54(75)76)26-34-17-9-6-10-18-34/h5-12,15-20,28,31-32,37,39-45,56,65-66H,4,13-14,21-27,29-30,55H2,1-3H3,(H,57,68)(H,58,69)(H,59,67)(H,60,70)(H,61,71)(H,62,72)(H,75,76)/t31-,32-,37-,39-,40-,41-,42-,43-,44-,45-/m0/s1. The minimum absolute atomic E-state index is 0.0337. The van der Waals surface area contributed by atoms with Gasteiger partial charge in [0.15, 0.2) is 0 Å². The van der Waals surface area contributed by atoms with E-state index in [9.17, 15) is 58.5 Å². The number of aliphatic hydroxyl groups excluding tert-OH is 2. The van der Waals surface area contributed by atoms with Crippen molar-refractivity contribution in [2.24, 2.45) is 11.7 Å². The molecule has 10 atom stereocenters. The van der Waals surface area contributed by atoms with Gasteiger partial charge in [-0.25, -0.2) is 4.79 Å². The maximum absolute atomic E-state index is 14.4. The van der Waals surface area contributed by atoms with Crippen LogP contribution in [0.25, 0.3) is 10.9 Å². The molecule has 0 aliphatic carbocycles. The maximum Gasteiger partial charge on any atom is 0.326 e. The van der Waals surface area contributed by atoms with Gasteiger partial charge in [0.25, 0.3) is 0 Å². The number of hydrogen-bond acceptors (Lipinski definition) is 12. The predicted molar refractivity (Wildman–Crippen MR) is 278 cm³/mol. The smallest absolute Gasteiger partial charge is 0.326 e. The predicted octanol–water partition coefficient (Wildman–Crippen LogP) is -0.451. The summed E-state index contributed by atoms with van der Waals surface area (Å²) in [5.41, 5.74) is 9.16. The Hall–Kier alpha value is -7.69. The number of carbonyl (C=O) groups excluding carboxylic acids is 8. The van der Waals surface area contributed by atoms with Crippen LogP contribution in [-0.4, -0.2) is 164 Å². The molecular formula is C54H70N10O12. The van der Waals surface area contributed by atoms with Crippen molar-refractivity contribution >= 4 is 64.1 Å². The molecule has 408 valence electrons. The number of fused-ring (bicyclic) bond motifs is 1. The molecule has 2 fully saturated rings. The SMILES string of the molecule is CC[C@H](C)[C@H](NC(=O)[C@@H]1CCCN1C(=O)[C@@H](N)Cc1ccccc1)C(=O)N1CCC[C@H]1C(=O)N[C@@H](CO)C(=O)N[C@@H](CO)C(=O)N[C@@H](Cc1c[nH]c2ccccc12)C(=O)N[C@@H](C)C(=O)N[C@@H](Cc1ccccc1)C(=O)O. The van der Waals surface area contributed by atoms with Crippen LogP contribution in [0.4, 0.5) is 0 Å². The molecule has 0 spiro atoms. The van der Waals surface area contributed by atoms with Gasteiger partial charge in [-0.2, -0.15) is 0 Å². The highest BCUT2D eigenvalue weighted by Crippen LogP contribution is 2.25. The number of aromatic nitrogens is 1. The van der Waals surface area contributed by atoms with Crippen LogP contribution in [0.3, 0.4) is 0 Å². The van der Waals surface area contributed by atoms with Gasteiger partial charge in [0, 0.05) is 43.0 Å². The van der Waals surface area contributed by atoms with Crippen molar-refractivity contribution < 1.29 is 58.5 Å². The number of aliphatic carboxylic acids is 1. The van der Waals surface area contributed by atoms with Gasteiger partial charge in [-0.15, -0.1) is 0 Å². The second kappa shape index (κ2) is 27.2. The van der Waals surface area contributed by atoms with Gasteiger partial charge in [-0.3, -0.25) is 38.4 Å². The first kappa shape index (κ1) is 57.6. The second-order valence-electron chi connectivity index (χ2n) is 19.5. The van der Waals surface area contributed by atoms with E-state index in [1.807, 2.05) is 37.3 Å². The van der Waals surface area contributed by atoms with Crippen LogP contribution in [0.5, 0.6) is 0 Å². The normalized spacial score (nSPS) is 18.4. The second-order valence-corrected chi connectivity index (χ2v) is 19.5. The van der Waals surface area contributed by atoms with Crippen molar-refractivity contribution in [2.75, 3.05) is 26.3 Å². The van der Waals surface area contributed by atoms with Crippen molar-refractivity contribution in [1.82, 2.24) is 46.7 Å². The van der Waals surface area contributed by atoms with Gasteiger partial charge in [-0.1, -0.05) is 99.1 Å². The number of carboxylic acid groups (broad SMARTS) is 1. The van der Waals surface area contributed by atoms with Crippen molar-refractivity contribution in [2.45, 2.75) is 127 Å². The first-order valence-electron chi connectivity index (χ1n) is 25.7. The lowest BCUT2D eigenvalue weighted by Crippen LogP contribution is -2.61. The van der Waals surface area contributed by atoms with Crippen LogP contribution >= 0.6 is 0 Å². The number of amides is 8. The molecule has 22 heteroatoms. The Kier molecular flexibility index (Phi) is 20.6. The van der Waals surface area contributed by atoms with E-state index >= 15 is 0 Å². The Morgan fingerprint density at radius 1 is 0.605 bits per heavy atom. The Balaban J connectivity index is 1.09. The quantitative estimate of drug-likeness (QED) is 0.0401. The number of nitrogens with two attached hydrogens (primary N) is 1. The van der Waals surface area contributed by atoms with Gasteiger partial charge in [0.05, 0.1) is 19.3 Å². The zero-order valence-corrected chi connectivity index (χ0v) is 42.9. The number of nitrogens with one attached hydrogen (secondary N) is 7. The molecule has 2 aliphatic heterocycles. The van der Waals surface area contributed by atoms with E-state index < -0.39 is 121 Å². The molecule has 0 saturated carbocycles. The van der Waals surface area contributed by atoms with E-state index in [2.05, 4.69) is 36.9 Å². The van der Waals surface area contributed by atoms with Crippen LogP contribution in [0, 0.1) is 5.92 Å². The van der Waals surface area contributed by atoms with E-state index in [1.165, 1.54) is 16.7 Å². The summed E-state index contributed by atoms with van der Waals surface area (Å²) in [6.45, 7) is 3.46. The van der Waals surface area contributed by atoms with Crippen molar-refractivity contribution in [3.05, 3.63) is 108 Å². The molecule has 12 N–H and O–H groups in total. The average molecular weight is 1050 g/mol. The fourth-order valence-electron chi connectivity index (χ4n) is 9.54. The zero-order valence-electron chi connectivity index (χ0n) is 42.9. The summed E-state index contributed by atoms with van der Waals surface area (Å²) < 4.78 is 0. The largest absolute Gasteiger partial charge is 0.480 e. The number of rotatable bonds is 25.